The molecule has 13 heavy (non-hydrogen) atoms. The van der Waals surface area contributed by atoms with Crippen LogP contribution >= 0.6 is 11.6 Å². The second kappa shape index (κ2) is 3.39. The fraction of sp³-hybridized carbons (Fsp3) is 0.167. The van der Waals surface area contributed by atoms with E-state index in [1.54, 1.807) is 0 Å². The number of hydrogen-bond acceptors (Lipinski definition) is 0. The number of halogens is 1. The Hall–Kier alpha value is -1.01. The zero-order valence-corrected chi connectivity index (χ0v) is 8.31. The molecule has 2 aromatic rings. The van der Waals surface area contributed by atoms with Gasteiger partial charge in [0.25, 0.3) is 0 Å². The highest BCUT2D eigenvalue weighted by atomic mass is 35.5. The van der Waals surface area contributed by atoms with Gasteiger partial charge in [-0.2, -0.15) is 0 Å². The number of hydrogen-bond donors (Lipinski definition) is 0. The van der Waals surface area contributed by atoms with Crippen molar-refractivity contribution in [2.75, 3.05) is 0 Å². The third-order valence-corrected chi connectivity index (χ3v) is 2.52. The summed E-state index contributed by atoms with van der Waals surface area (Å²) in [6.07, 6.45) is 0. The van der Waals surface area contributed by atoms with Crippen LogP contribution in [-0.2, 0) is 5.88 Å². The molecule has 0 heterocycles. The molecule has 1 heteroatoms. The van der Waals surface area contributed by atoms with Crippen molar-refractivity contribution in [3.8, 4) is 0 Å². The number of rotatable bonds is 1. The second-order valence-corrected chi connectivity index (χ2v) is 3.59. The summed E-state index contributed by atoms with van der Waals surface area (Å²) < 4.78 is 0. The lowest BCUT2D eigenvalue weighted by Gasteiger charge is -2.01. The highest BCUT2D eigenvalue weighted by Crippen LogP contribution is 2.18. The van der Waals surface area contributed by atoms with E-state index in [9.17, 15) is 0 Å². The van der Waals surface area contributed by atoms with Gasteiger partial charge in [0.05, 0.1) is 0 Å². The van der Waals surface area contributed by atoms with Crippen LogP contribution in [0.3, 0.4) is 0 Å². The Bertz CT molecular complexity index is 432. The molecule has 2 rings (SSSR count). The highest BCUT2D eigenvalue weighted by Gasteiger charge is 1.95. The second-order valence-electron chi connectivity index (χ2n) is 3.32. The van der Waals surface area contributed by atoms with Crippen LogP contribution in [0.2, 0.25) is 0 Å². The summed E-state index contributed by atoms with van der Waals surface area (Å²) in [7, 11) is 0. The Balaban J connectivity index is 2.68. The SMILES string of the molecule is Cc1ccc2ccc(CCl)cc2c1. The molecular formula is C12H11Cl. The number of aryl methyl sites for hydroxylation is 1. The fourth-order valence-corrected chi connectivity index (χ4v) is 1.66. The van der Waals surface area contributed by atoms with Gasteiger partial charge in [0.1, 0.15) is 0 Å². The molecule has 0 nitrogen and oxygen atoms in total. The van der Waals surface area contributed by atoms with E-state index >= 15 is 0 Å². The van der Waals surface area contributed by atoms with E-state index in [0.717, 1.165) is 0 Å². The van der Waals surface area contributed by atoms with Crippen LogP contribution in [0.1, 0.15) is 11.1 Å². The van der Waals surface area contributed by atoms with E-state index < -0.39 is 0 Å². The van der Waals surface area contributed by atoms with Crippen molar-refractivity contribution in [3.63, 3.8) is 0 Å². The summed E-state index contributed by atoms with van der Waals surface area (Å²) in [5.41, 5.74) is 2.47. The summed E-state index contributed by atoms with van der Waals surface area (Å²) >= 11 is 5.77. The number of benzene rings is 2. The first kappa shape index (κ1) is 8.58. The van der Waals surface area contributed by atoms with Crippen LogP contribution in [0.15, 0.2) is 36.4 Å². The first-order valence-electron chi connectivity index (χ1n) is 4.35. The predicted molar refractivity (Wildman–Crippen MR) is 58.2 cm³/mol. The van der Waals surface area contributed by atoms with Crippen molar-refractivity contribution in [2.24, 2.45) is 0 Å². The molecule has 0 radical (unpaired) electrons. The molecule has 0 aliphatic heterocycles. The van der Waals surface area contributed by atoms with Gasteiger partial charge in [-0.05, 0) is 29.3 Å². The normalized spacial score (nSPS) is 10.6. The largest absolute Gasteiger partial charge is 0.122 e. The lowest BCUT2D eigenvalue weighted by atomic mass is 10.1. The Labute approximate surface area is 83.1 Å². The first-order chi connectivity index (χ1) is 6.29. The maximum atomic E-state index is 5.77. The molecule has 0 spiro atoms. The number of alkyl halides is 1. The highest BCUT2D eigenvalue weighted by molar-refractivity contribution is 6.17. The smallest absolute Gasteiger partial charge is 0.0474 e. The molecule has 2 aromatic carbocycles. The van der Waals surface area contributed by atoms with Gasteiger partial charge in [-0.15, -0.1) is 11.6 Å². The molecule has 0 N–H and O–H groups in total. The van der Waals surface area contributed by atoms with Gasteiger partial charge in [0.15, 0.2) is 0 Å². The maximum Gasteiger partial charge on any atom is 0.0474 e. The summed E-state index contributed by atoms with van der Waals surface area (Å²) in [4.78, 5) is 0. The lowest BCUT2D eigenvalue weighted by molar-refractivity contribution is 1.42. The van der Waals surface area contributed by atoms with E-state index in [2.05, 4.69) is 43.3 Å². The van der Waals surface area contributed by atoms with Crippen molar-refractivity contribution in [1.29, 1.82) is 0 Å². The monoisotopic (exact) mass is 190 g/mol. The van der Waals surface area contributed by atoms with Crippen molar-refractivity contribution < 1.29 is 0 Å². The molecule has 0 unspecified atom stereocenters. The summed E-state index contributed by atoms with van der Waals surface area (Å²) in [5, 5.41) is 2.55. The topological polar surface area (TPSA) is 0 Å². The first-order valence-corrected chi connectivity index (χ1v) is 4.88. The lowest BCUT2D eigenvalue weighted by Crippen LogP contribution is -1.79. The molecule has 0 aliphatic carbocycles. The molecule has 0 atom stereocenters. The molecule has 0 aromatic heterocycles. The van der Waals surface area contributed by atoms with Gasteiger partial charge in [0, 0.05) is 5.88 Å². The third-order valence-electron chi connectivity index (χ3n) is 2.21. The van der Waals surface area contributed by atoms with E-state index in [4.69, 9.17) is 11.6 Å². The van der Waals surface area contributed by atoms with Gasteiger partial charge in [0.2, 0.25) is 0 Å². The van der Waals surface area contributed by atoms with Crippen LogP contribution in [-0.4, -0.2) is 0 Å². The van der Waals surface area contributed by atoms with E-state index in [0.29, 0.717) is 5.88 Å². The average Bonchev–Trinajstić information content (AvgIpc) is 2.16. The summed E-state index contributed by atoms with van der Waals surface area (Å²) in [6, 6.07) is 12.8. The van der Waals surface area contributed by atoms with E-state index in [1.165, 1.54) is 21.9 Å². The quantitative estimate of drug-likeness (QED) is 0.599. The van der Waals surface area contributed by atoms with Gasteiger partial charge >= 0.3 is 0 Å². The van der Waals surface area contributed by atoms with E-state index in [1.807, 2.05) is 0 Å². The Morgan fingerprint density at radius 2 is 1.77 bits per heavy atom. The molecule has 0 saturated carbocycles. The van der Waals surface area contributed by atoms with Gasteiger partial charge < -0.3 is 0 Å². The molecule has 66 valence electrons. The van der Waals surface area contributed by atoms with Gasteiger partial charge in [-0.3, -0.25) is 0 Å². The van der Waals surface area contributed by atoms with E-state index in [-0.39, 0.29) is 0 Å². The molecule has 0 fully saturated rings. The van der Waals surface area contributed by atoms with Crippen LogP contribution in [0, 0.1) is 6.92 Å². The van der Waals surface area contributed by atoms with Crippen molar-refractivity contribution in [1.82, 2.24) is 0 Å². The average molecular weight is 191 g/mol. The van der Waals surface area contributed by atoms with Crippen LogP contribution < -0.4 is 0 Å². The zero-order valence-electron chi connectivity index (χ0n) is 7.55. The summed E-state index contributed by atoms with van der Waals surface area (Å²) in [6.45, 7) is 2.10. The Kier molecular flexibility index (Phi) is 2.24. The van der Waals surface area contributed by atoms with Crippen molar-refractivity contribution in [3.05, 3.63) is 47.5 Å². The Morgan fingerprint density at radius 1 is 1.00 bits per heavy atom. The van der Waals surface area contributed by atoms with Crippen LogP contribution in [0.4, 0.5) is 0 Å². The van der Waals surface area contributed by atoms with Gasteiger partial charge in [-0.25, -0.2) is 0 Å². The van der Waals surface area contributed by atoms with Crippen LogP contribution in [0.25, 0.3) is 10.8 Å². The minimum Gasteiger partial charge on any atom is -0.122 e. The molecule has 0 bridgehead atoms. The molecule has 0 aliphatic rings. The molecule has 0 amide bonds. The van der Waals surface area contributed by atoms with Gasteiger partial charge in [-0.1, -0.05) is 35.9 Å². The van der Waals surface area contributed by atoms with Crippen LogP contribution in [0.5, 0.6) is 0 Å². The number of fused-ring (bicyclic) bond motifs is 1. The Morgan fingerprint density at radius 3 is 2.54 bits per heavy atom. The third kappa shape index (κ3) is 1.68. The summed E-state index contributed by atoms with van der Waals surface area (Å²) in [5.74, 6) is 0.587. The van der Waals surface area contributed by atoms with Crippen molar-refractivity contribution >= 4 is 22.4 Å². The molecule has 0 saturated heterocycles. The minimum atomic E-state index is 0.587. The maximum absolute atomic E-state index is 5.77. The predicted octanol–water partition coefficient (Wildman–Crippen LogP) is 3.89. The standard InChI is InChI=1S/C12H11Cl/c1-9-2-4-11-5-3-10(8-13)7-12(11)6-9/h2-7H,8H2,1H3. The van der Waals surface area contributed by atoms with Crippen molar-refractivity contribution in [2.45, 2.75) is 12.8 Å². The zero-order chi connectivity index (χ0) is 9.26. The fourth-order valence-electron chi connectivity index (χ4n) is 1.50. The minimum absolute atomic E-state index is 0.587. The molecular weight excluding hydrogens is 180 g/mol.